The predicted octanol–water partition coefficient (Wildman–Crippen LogP) is 3.14. The second-order valence-electron chi connectivity index (χ2n) is 2.99. The molecule has 0 unspecified atom stereocenters. The summed E-state index contributed by atoms with van der Waals surface area (Å²) in [7, 11) is 0. The number of hydrogen-bond donors (Lipinski definition) is 0. The maximum atomic E-state index is 13.2. The Kier molecular flexibility index (Phi) is 2.68. The number of halogens is 2. The van der Waals surface area contributed by atoms with Crippen LogP contribution < -0.4 is 0 Å². The number of fused-ring (bicyclic) bond motifs is 1. The first-order valence-electron chi connectivity index (χ1n) is 4.41. The highest BCUT2D eigenvalue weighted by molar-refractivity contribution is 6.17. The van der Waals surface area contributed by atoms with Crippen LogP contribution in [0.15, 0.2) is 22.6 Å². The van der Waals surface area contributed by atoms with E-state index in [1.807, 2.05) is 0 Å². The van der Waals surface area contributed by atoms with Crippen molar-refractivity contribution < 1.29 is 8.81 Å². The normalized spacial score (nSPS) is 11.0. The third kappa shape index (κ3) is 1.73. The molecule has 0 radical (unpaired) electrons. The molecule has 0 aliphatic carbocycles. The molecule has 1 aromatic carbocycles. The summed E-state index contributed by atoms with van der Waals surface area (Å²) in [5.74, 6) is 0.760. The number of oxazole rings is 1. The van der Waals surface area contributed by atoms with Gasteiger partial charge in [-0.05, 0) is 18.6 Å². The topological polar surface area (TPSA) is 26.0 Å². The minimum atomic E-state index is -0.344. The van der Waals surface area contributed by atoms with Gasteiger partial charge in [-0.15, -0.1) is 11.6 Å². The van der Waals surface area contributed by atoms with Crippen molar-refractivity contribution in [3.8, 4) is 0 Å². The molecule has 0 saturated carbocycles. The van der Waals surface area contributed by atoms with Crippen LogP contribution in [0.3, 0.4) is 0 Å². The van der Waals surface area contributed by atoms with Gasteiger partial charge in [-0.25, -0.2) is 9.37 Å². The molecular formula is C10H9ClFNO. The van der Waals surface area contributed by atoms with Crippen molar-refractivity contribution in [1.29, 1.82) is 0 Å². The minimum absolute atomic E-state index is 0.303. The minimum Gasteiger partial charge on any atom is -0.441 e. The fourth-order valence-corrected chi connectivity index (χ4v) is 1.42. The molecule has 0 bridgehead atoms. The lowest BCUT2D eigenvalue weighted by molar-refractivity contribution is 0.526. The second kappa shape index (κ2) is 3.96. The van der Waals surface area contributed by atoms with Crippen molar-refractivity contribution in [3.63, 3.8) is 0 Å². The lowest BCUT2D eigenvalue weighted by Gasteiger charge is -1.88. The van der Waals surface area contributed by atoms with E-state index in [4.69, 9.17) is 16.0 Å². The third-order valence-electron chi connectivity index (χ3n) is 1.94. The van der Waals surface area contributed by atoms with Crippen LogP contribution in [0.2, 0.25) is 0 Å². The first-order chi connectivity index (χ1) is 6.81. The van der Waals surface area contributed by atoms with Crippen LogP contribution in [0, 0.1) is 5.82 Å². The molecule has 0 atom stereocenters. The second-order valence-corrected chi connectivity index (χ2v) is 3.36. The first-order valence-corrected chi connectivity index (χ1v) is 4.94. The Labute approximate surface area is 85.7 Å². The number of aromatic nitrogens is 1. The molecule has 2 rings (SSSR count). The van der Waals surface area contributed by atoms with Gasteiger partial charge in [0, 0.05) is 12.3 Å². The summed E-state index contributed by atoms with van der Waals surface area (Å²) in [4.78, 5) is 4.05. The van der Waals surface area contributed by atoms with Crippen LogP contribution in [-0.4, -0.2) is 10.9 Å². The van der Waals surface area contributed by atoms with Crippen molar-refractivity contribution in [3.05, 3.63) is 29.9 Å². The Hall–Kier alpha value is -1.09. The van der Waals surface area contributed by atoms with E-state index in [1.54, 1.807) is 12.1 Å². The van der Waals surface area contributed by atoms with Crippen LogP contribution >= 0.6 is 11.6 Å². The van der Waals surface area contributed by atoms with Crippen LogP contribution in [0.25, 0.3) is 11.1 Å². The largest absolute Gasteiger partial charge is 0.441 e. The molecule has 2 nitrogen and oxygen atoms in total. The SMILES string of the molecule is Fc1cccc2oc(CCCCl)nc12. The van der Waals surface area contributed by atoms with Crippen molar-refractivity contribution in [2.45, 2.75) is 12.8 Å². The summed E-state index contributed by atoms with van der Waals surface area (Å²) in [5.41, 5.74) is 0.798. The number of rotatable bonds is 3. The van der Waals surface area contributed by atoms with Gasteiger partial charge < -0.3 is 4.42 Å². The Bertz CT molecular complexity index is 441. The zero-order valence-electron chi connectivity index (χ0n) is 7.46. The van der Waals surface area contributed by atoms with Gasteiger partial charge in [-0.3, -0.25) is 0 Å². The van der Waals surface area contributed by atoms with Crippen LogP contribution in [0.1, 0.15) is 12.3 Å². The van der Waals surface area contributed by atoms with E-state index < -0.39 is 0 Å². The van der Waals surface area contributed by atoms with Gasteiger partial charge in [0.2, 0.25) is 0 Å². The molecule has 1 heterocycles. The first kappa shape index (κ1) is 9.46. The molecule has 0 spiro atoms. The van der Waals surface area contributed by atoms with Crippen molar-refractivity contribution in [2.75, 3.05) is 5.88 Å². The van der Waals surface area contributed by atoms with Gasteiger partial charge in [0.05, 0.1) is 0 Å². The Morgan fingerprint density at radius 2 is 2.29 bits per heavy atom. The van der Waals surface area contributed by atoms with Gasteiger partial charge in [0.1, 0.15) is 5.52 Å². The number of nitrogens with zero attached hydrogens (tertiary/aromatic N) is 1. The molecule has 74 valence electrons. The monoisotopic (exact) mass is 213 g/mol. The van der Waals surface area contributed by atoms with E-state index in [0.29, 0.717) is 29.3 Å². The van der Waals surface area contributed by atoms with Crippen molar-refractivity contribution >= 4 is 22.7 Å². The zero-order chi connectivity index (χ0) is 9.97. The number of benzene rings is 1. The average molecular weight is 214 g/mol. The summed E-state index contributed by atoms with van der Waals surface area (Å²) in [6.45, 7) is 0. The third-order valence-corrected chi connectivity index (χ3v) is 2.21. The van der Waals surface area contributed by atoms with Gasteiger partial charge in [-0.1, -0.05) is 6.07 Å². The smallest absolute Gasteiger partial charge is 0.195 e. The predicted molar refractivity (Wildman–Crippen MR) is 53.0 cm³/mol. The van der Waals surface area contributed by atoms with Crippen molar-refractivity contribution in [1.82, 2.24) is 4.98 Å². The van der Waals surface area contributed by atoms with Crippen LogP contribution in [0.5, 0.6) is 0 Å². The Morgan fingerprint density at radius 1 is 1.43 bits per heavy atom. The maximum Gasteiger partial charge on any atom is 0.195 e. The molecular weight excluding hydrogens is 205 g/mol. The summed E-state index contributed by atoms with van der Waals surface area (Å²) < 4.78 is 18.5. The zero-order valence-corrected chi connectivity index (χ0v) is 8.22. The summed E-state index contributed by atoms with van der Waals surface area (Å²) in [6.07, 6.45) is 1.44. The fraction of sp³-hybridized carbons (Fsp3) is 0.300. The van der Waals surface area contributed by atoms with Crippen LogP contribution in [0.4, 0.5) is 4.39 Å². The highest BCUT2D eigenvalue weighted by Crippen LogP contribution is 2.18. The van der Waals surface area contributed by atoms with E-state index in [2.05, 4.69) is 4.98 Å². The molecule has 0 fully saturated rings. The maximum absolute atomic E-state index is 13.2. The van der Waals surface area contributed by atoms with Crippen LogP contribution in [-0.2, 0) is 6.42 Å². The lowest BCUT2D eigenvalue weighted by Crippen LogP contribution is -1.85. The molecule has 14 heavy (non-hydrogen) atoms. The van der Waals surface area contributed by atoms with E-state index in [1.165, 1.54) is 6.07 Å². The molecule has 0 aliphatic rings. The highest BCUT2D eigenvalue weighted by Gasteiger charge is 2.08. The lowest BCUT2D eigenvalue weighted by atomic mass is 10.3. The van der Waals surface area contributed by atoms with E-state index in [0.717, 1.165) is 6.42 Å². The van der Waals surface area contributed by atoms with E-state index in [-0.39, 0.29) is 5.82 Å². The van der Waals surface area contributed by atoms with Gasteiger partial charge in [0.15, 0.2) is 17.3 Å². The Morgan fingerprint density at radius 3 is 3.00 bits per heavy atom. The number of para-hydroxylation sites is 1. The molecule has 0 saturated heterocycles. The number of aryl methyl sites for hydroxylation is 1. The standard InChI is InChI=1S/C10H9ClFNO/c11-6-2-5-9-13-10-7(12)3-1-4-8(10)14-9/h1,3-4H,2,5-6H2. The number of alkyl halides is 1. The number of hydrogen-bond acceptors (Lipinski definition) is 2. The Balaban J connectivity index is 2.36. The quantitative estimate of drug-likeness (QED) is 0.733. The molecule has 0 N–H and O–H groups in total. The van der Waals surface area contributed by atoms with Gasteiger partial charge in [0.25, 0.3) is 0 Å². The molecule has 0 amide bonds. The molecule has 4 heteroatoms. The summed E-state index contributed by atoms with van der Waals surface area (Å²) in [6, 6.07) is 4.68. The fourth-order valence-electron chi connectivity index (χ4n) is 1.29. The van der Waals surface area contributed by atoms with Gasteiger partial charge >= 0.3 is 0 Å². The summed E-state index contributed by atoms with van der Waals surface area (Å²) >= 11 is 5.54. The average Bonchev–Trinajstić information content (AvgIpc) is 2.59. The van der Waals surface area contributed by atoms with Crippen molar-refractivity contribution in [2.24, 2.45) is 0 Å². The van der Waals surface area contributed by atoms with Gasteiger partial charge in [-0.2, -0.15) is 0 Å². The van der Waals surface area contributed by atoms with E-state index >= 15 is 0 Å². The highest BCUT2D eigenvalue weighted by atomic mass is 35.5. The summed E-state index contributed by atoms with van der Waals surface area (Å²) in [5, 5.41) is 0. The van der Waals surface area contributed by atoms with E-state index in [9.17, 15) is 4.39 Å². The molecule has 0 aliphatic heterocycles. The molecule has 1 aromatic heterocycles. The molecule has 2 aromatic rings.